The van der Waals surface area contributed by atoms with E-state index in [2.05, 4.69) is 6.07 Å². The minimum absolute atomic E-state index is 0.410. The van der Waals surface area contributed by atoms with Crippen molar-refractivity contribution < 1.29 is 14.7 Å². The normalized spacial score (nSPS) is 12.4. The summed E-state index contributed by atoms with van der Waals surface area (Å²) in [6.07, 6.45) is 0. The second-order valence-electron chi connectivity index (χ2n) is 9.80. The van der Waals surface area contributed by atoms with Crippen LogP contribution in [-0.2, 0) is 0 Å². The molecule has 1 aliphatic carbocycles. The zero-order valence-electron chi connectivity index (χ0n) is 21.3. The van der Waals surface area contributed by atoms with Gasteiger partial charge in [0, 0.05) is 11.1 Å². The number of hydrogen-bond donors (Lipinski definition) is 1. The molecule has 0 fully saturated rings. The van der Waals surface area contributed by atoms with E-state index in [9.17, 15) is 10.0 Å². The van der Waals surface area contributed by atoms with Gasteiger partial charge in [-0.2, -0.15) is 0 Å². The van der Waals surface area contributed by atoms with Crippen LogP contribution in [0.2, 0.25) is 0 Å². The molecule has 0 bridgehead atoms. The van der Waals surface area contributed by atoms with Gasteiger partial charge in [0.05, 0.1) is 12.7 Å². The maximum absolute atomic E-state index is 14.4. The van der Waals surface area contributed by atoms with Crippen LogP contribution in [0.1, 0.15) is 27.5 Å². The third-order valence-corrected chi connectivity index (χ3v) is 7.77. The van der Waals surface area contributed by atoms with E-state index in [1.807, 2.05) is 115 Å². The van der Waals surface area contributed by atoms with Crippen molar-refractivity contribution in [1.29, 1.82) is 0 Å². The largest absolute Gasteiger partial charge is 0.496 e. The highest BCUT2D eigenvalue weighted by Crippen LogP contribution is 2.47. The molecule has 0 aromatic heterocycles. The topological polar surface area (TPSA) is 49.8 Å². The Hall–Kier alpha value is -4.93. The Morgan fingerprint density at radius 2 is 1.15 bits per heavy atom. The molecule has 0 saturated carbocycles. The van der Waals surface area contributed by atoms with E-state index in [4.69, 9.17) is 4.74 Å². The quantitative estimate of drug-likeness (QED) is 0.193. The van der Waals surface area contributed by atoms with Gasteiger partial charge in [-0.1, -0.05) is 109 Å². The molecule has 1 aliphatic rings. The van der Waals surface area contributed by atoms with Crippen molar-refractivity contribution in [2.75, 3.05) is 7.11 Å². The Labute approximate surface area is 226 Å². The fourth-order valence-corrected chi connectivity index (χ4v) is 6.03. The number of rotatable bonds is 4. The molecule has 39 heavy (non-hydrogen) atoms. The summed E-state index contributed by atoms with van der Waals surface area (Å²) in [5, 5.41) is 16.5. The molecule has 0 spiro atoms. The first-order chi connectivity index (χ1) is 19.2. The van der Waals surface area contributed by atoms with E-state index in [-0.39, 0.29) is 0 Å². The highest BCUT2D eigenvalue weighted by atomic mass is 16.5. The van der Waals surface area contributed by atoms with Crippen LogP contribution in [0.5, 0.6) is 5.75 Å². The molecular weight excluding hydrogens is 482 g/mol. The maximum atomic E-state index is 14.4. The molecular formula is C35H25NO3. The summed E-state index contributed by atoms with van der Waals surface area (Å²) >= 11 is 0. The maximum Gasteiger partial charge on any atom is 0.278 e. The van der Waals surface area contributed by atoms with Gasteiger partial charge < -0.3 is 4.74 Å². The van der Waals surface area contributed by atoms with Gasteiger partial charge in [0.2, 0.25) is 0 Å². The number of ether oxygens (including phenoxy) is 1. The summed E-state index contributed by atoms with van der Waals surface area (Å²) < 4.78 is 5.86. The van der Waals surface area contributed by atoms with Crippen LogP contribution < -0.4 is 4.74 Å². The van der Waals surface area contributed by atoms with Gasteiger partial charge in [0.1, 0.15) is 11.8 Å². The Kier molecular flexibility index (Phi) is 5.43. The summed E-state index contributed by atoms with van der Waals surface area (Å²) in [5.74, 6) is 0.197. The lowest BCUT2D eigenvalue weighted by Gasteiger charge is -2.26. The number of fused-ring (bicyclic) bond motifs is 5. The average Bonchev–Trinajstić information content (AvgIpc) is 3.33. The van der Waals surface area contributed by atoms with Crippen LogP contribution in [0.25, 0.3) is 43.8 Å². The average molecular weight is 508 g/mol. The first kappa shape index (κ1) is 23.2. The van der Waals surface area contributed by atoms with Gasteiger partial charge in [0.15, 0.2) is 0 Å². The van der Waals surface area contributed by atoms with E-state index in [1.165, 1.54) is 0 Å². The molecule has 0 radical (unpaired) electrons. The molecule has 0 aliphatic heterocycles. The molecule has 1 amide bonds. The zero-order chi connectivity index (χ0) is 26.5. The molecule has 6 aromatic carbocycles. The van der Waals surface area contributed by atoms with Gasteiger partial charge in [-0.15, -0.1) is 0 Å². The number of methoxy groups -OCH3 is 1. The van der Waals surface area contributed by atoms with Crippen LogP contribution in [0.4, 0.5) is 0 Å². The summed E-state index contributed by atoms with van der Waals surface area (Å²) in [7, 11) is 1.64. The molecule has 0 unspecified atom stereocenters. The minimum Gasteiger partial charge on any atom is -0.496 e. The van der Waals surface area contributed by atoms with Gasteiger partial charge >= 0.3 is 0 Å². The van der Waals surface area contributed by atoms with Gasteiger partial charge in [-0.25, -0.2) is 5.06 Å². The number of hydroxylamine groups is 2. The van der Waals surface area contributed by atoms with E-state index < -0.39 is 11.9 Å². The molecule has 4 nitrogen and oxygen atoms in total. The van der Waals surface area contributed by atoms with E-state index in [1.54, 1.807) is 7.11 Å². The lowest BCUT2D eigenvalue weighted by atomic mass is 9.89. The molecule has 0 heterocycles. The molecule has 1 N–H and O–H groups in total. The summed E-state index contributed by atoms with van der Waals surface area (Å²) in [4.78, 5) is 14.4. The number of amides is 1. The van der Waals surface area contributed by atoms with Crippen molar-refractivity contribution in [2.24, 2.45) is 0 Å². The number of carbonyl (C=O) groups is 1. The van der Waals surface area contributed by atoms with E-state index >= 15 is 0 Å². The molecule has 7 rings (SSSR count). The molecule has 188 valence electrons. The zero-order valence-corrected chi connectivity index (χ0v) is 21.3. The first-order valence-electron chi connectivity index (χ1n) is 13.0. The molecule has 6 aromatic rings. The first-order valence-corrected chi connectivity index (χ1v) is 13.0. The smallest absolute Gasteiger partial charge is 0.278 e. The van der Waals surface area contributed by atoms with Gasteiger partial charge in [0.25, 0.3) is 5.91 Å². The number of nitrogens with zero attached hydrogens (tertiary/aromatic N) is 1. The van der Waals surface area contributed by atoms with Crippen molar-refractivity contribution in [2.45, 2.75) is 6.04 Å². The van der Waals surface area contributed by atoms with Crippen LogP contribution in [0, 0.1) is 0 Å². The Bertz CT molecular complexity index is 1860. The van der Waals surface area contributed by atoms with Gasteiger partial charge in [-0.05, 0) is 55.9 Å². The van der Waals surface area contributed by atoms with Crippen molar-refractivity contribution in [3.63, 3.8) is 0 Å². The fraction of sp³-hybridized carbons (Fsp3) is 0.0571. The van der Waals surface area contributed by atoms with Crippen LogP contribution >= 0.6 is 0 Å². The third-order valence-electron chi connectivity index (χ3n) is 7.77. The highest BCUT2D eigenvalue weighted by Gasteiger charge is 2.36. The van der Waals surface area contributed by atoms with E-state index in [0.29, 0.717) is 11.3 Å². The lowest BCUT2D eigenvalue weighted by Crippen LogP contribution is -2.32. The fourth-order valence-electron chi connectivity index (χ4n) is 6.03. The Morgan fingerprint density at radius 3 is 1.77 bits per heavy atom. The predicted octanol–water partition coefficient (Wildman–Crippen LogP) is 8.27. The number of benzene rings is 6. The van der Waals surface area contributed by atoms with Crippen molar-refractivity contribution in [1.82, 2.24) is 5.06 Å². The summed E-state index contributed by atoms with van der Waals surface area (Å²) in [6, 6.07) is 39.1. The number of carbonyl (C=O) groups excluding carboxylic acids is 1. The van der Waals surface area contributed by atoms with Crippen LogP contribution in [-0.4, -0.2) is 23.3 Å². The number of hydrogen-bond acceptors (Lipinski definition) is 3. The van der Waals surface area contributed by atoms with Crippen molar-refractivity contribution in [3.8, 4) is 28.0 Å². The molecule has 0 saturated heterocycles. The third kappa shape index (κ3) is 3.53. The van der Waals surface area contributed by atoms with Crippen LogP contribution in [0.3, 0.4) is 0 Å². The van der Waals surface area contributed by atoms with Gasteiger partial charge in [-0.3, -0.25) is 10.0 Å². The Balaban J connectivity index is 1.47. The minimum atomic E-state index is -0.612. The predicted molar refractivity (Wildman–Crippen MR) is 155 cm³/mol. The Morgan fingerprint density at radius 1 is 0.641 bits per heavy atom. The lowest BCUT2D eigenvalue weighted by molar-refractivity contribution is -0.0787. The van der Waals surface area contributed by atoms with E-state index in [0.717, 1.165) is 60.0 Å². The van der Waals surface area contributed by atoms with Crippen LogP contribution in [0.15, 0.2) is 121 Å². The monoisotopic (exact) mass is 507 g/mol. The van der Waals surface area contributed by atoms with Crippen molar-refractivity contribution in [3.05, 3.63) is 138 Å². The molecule has 0 atom stereocenters. The SMILES string of the molecule is COc1ccc2ccccc2c1-c1c(C(=O)N(O)C2c3ccccc3-c3ccccc32)ccc2ccccc12. The standard InChI is InChI=1S/C35H25NO3/c1-39-31-21-19-23-11-3-5-13-25(23)33(31)32-24-12-4-2-10-22(24)18-20-30(32)35(37)36(38)34-28-16-8-6-14-26(28)27-15-7-9-17-29(27)34/h2-21,34,38H,1H3. The second-order valence-corrected chi connectivity index (χ2v) is 9.80. The summed E-state index contributed by atoms with van der Waals surface area (Å²) in [6.45, 7) is 0. The second kappa shape index (κ2) is 9.12. The molecule has 4 heteroatoms. The summed E-state index contributed by atoms with van der Waals surface area (Å²) in [5.41, 5.74) is 5.84. The highest BCUT2D eigenvalue weighted by molar-refractivity contribution is 6.15. The van der Waals surface area contributed by atoms with Crippen molar-refractivity contribution >= 4 is 27.5 Å².